The number of aliphatic hydroxyl groups is 1. The van der Waals surface area contributed by atoms with E-state index in [9.17, 15) is 19.5 Å². The minimum absolute atomic E-state index is 0.0487. The number of amides is 2. The van der Waals surface area contributed by atoms with Crippen molar-refractivity contribution < 1.29 is 29.0 Å². The molecule has 0 aromatic carbocycles. The zero-order chi connectivity index (χ0) is 23.9. The third-order valence-electron chi connectivity index (χ3n) is 7.05. The van der Waals surface area contributed by atoms with Crippen molar-refractivity contribution in [1.29, 1.82) is 0 Å². The van der Waals surface area contributed by atoms with E-state index in [4.69, 9.17) is 9.47 Å². The average molecular weight is 449 g/mol. The number of fused-ring (bicyclic) bond motifs is 1. The summed E-state index contributed by atoms with van der Waals surface area (Å²) in [4.78, 5) is 43.9. The van der Waals surface area contributed by atoms with Crippen LogP contribution in [0.1, 0.15) is 47.0 Å². The van der Waals surface area contributed by atoms with E-state index < -0.39 is 40.6 Å². The van der Waals surface area contributed by atoms with E-state index in [0.29, 0.717) is 25.8 Å². The molecule has 32 heavy (non-hydrogen) atoms. The molecule has 3 heterocycles. The molecule has 0 radical (unpaired) electrons. The van der Waals surface area contributed by atoms with Crippen LogP contribution in [0.25, 0.3) is 0 Å². The fourth-order valence-corrected chi connectivity index (χ4v) is 5.75. The van der Waals surface area contributed by atoms with Gasteiger partial charge < -0.3 is 24.4 Å². The van der Waals surface area contributed by atoms with Crippen molar-refractivity contribution >= 4 is 17.8 Å². The number of carbonyl (C=O) groups is 3. The van der Waals surface area contributed by atoms with Gasteiger partial charge in [0.1, 0.15) is 24.2 Å². The van der Waals surface area contributed by atoms with Crippen LogP contribution in [0.3, 0.4) is 0 Å². The molecule has 0 aliphatic carbocycles. The van der Waals surface area contributed by atoms with Crippen molar-refractivity contribution in [3.63, 3.8) is 0 Å². The lowest BCUT2D eigenvalue weighted by molar-refractivity contribution is -0.160. The Morgan fingerprint density at radius 1 is 1.31 bits per heavy atom. The second-order valence-corrected chi connectivity index (χ2v) is 10.2. The Morgan fingerprint density at radius 3 is 2.56 bits per heavy atom. The van der Waals surface area contributed by atoms with Gasteiger partial charge in [-0.15, -0.1) is 6.58 Å². The van der Waals surface area contributed by atoms with E-state index in [0.717, 1.165) is 0 Å². The van der Waals surface area contributed by atoms with Crippen molar-refractivity contribution in [2.45, 2.75) is 69.7 Å². The molecule has 0 aromatic heterocycles. The summed E-state index contributed by atoms with van der Waals surface area (Å²) in [5.41, 5.74) is -2.47. The number of hydrogen-bond acceptors (Lipinski definition) is 6. The van der Waals surface area contributed by atoms with Crippen LogP contribution < -0.4 is 0 Å². The third-order valence-corrected chi connectivity index (χ3v) is 7.05. The van der Waals surface area contributed by atoms with Crippen LogP contribution in [0.5, 0.6) is 0 Å². The highest BCUT2D eigenvalue weighted by molar-refractivity contribution is 5.98. The lowest BCUT2D eigenvalue weighted by Crippen LogP contribution is -2.60. The van der Waals surface area contributed by atoms with Gasteiger partial charge in [-0.2, -0.15) is 0 Å². The molecule has 5 atom stereocenters. The molecular weight excluding hydrogens is 412 g/mol. The molecule has 3 saturated heterocycles. The van der Waals surface area contributed by atoms with Crippen LogP contribution in [0, 0.1) is 11.8 Å². The Balaban J connectivity index is 2.07. The summed E-state index contributed by atoms with van der Waals surface area (Å²) in [6, 6.07) is -0.871. The zero-order valence-electron chi connectivity index (χ0n) is 19.6. The van der Waals surface area contributed by atoms with Gasteiger partial charge in [0.15, 0.2) is 0 Å². The fraction of sp³-hybridized carbons (Fsp3) is 0.708. The second-order valence-electron chi connectivity index (χ2n) is 10.2. The van der Waals surface area contributed by atoms with Gasteiger partial charge in [-0.3, -0.25) is 14.4 Å². The third kappa shape index (κ3) is 3.67. The van der Waals surface area contributed by atoms with Crippen molar-refractivity contribution in [2.24, 2.45) is 11.8 Å². The largest absolute Gasteiger partial charge is 0.461 e. The average Bonchev–Trinajstić information content (AvgIpc) is 3.28. The van der Waals surface area contributed by atoms with Gasteiger partial charge in [-0.25, -0.2) is 0 Å². The van der Waals surface area contributed by atoms with E-state index in [-0.39, 0.29) is 31.6 Å². The molecule has 2 unspecified atom stereocenters. The van der Waals surface area contributed by atoms with Gasteiger partial charge in [-0.05, 0) is 47.0 Å². The smallest absolute Gasteiger partial charge is 0.313 e. The Hall–Kier alpha value is -2.19. The summed E-state index contributed by atoms with van der Waals surface area (Å²) in [6.07, 6.45) is 4.54. The van der Waals surface area contributed by atoms with Crippen LogP contribution in [-0.2, 0) is 23.9 Å². The fourth-order valence-electron chi connectivity index (χ4n) is 5.75. The first-order valence-corrected chi connectivity index (χ1v) is 11.3. The monoisotopic (exact) mass is 448 g/mol. The highest BCUT2D eigenvalue weighted by Crippen LogP contribution is 2.63. The first kappa shape index (κ1) is 24.5. The topological polar surface area (TPSA) is 96.4 Å². The van der Waals surface area contributed by atoms with Gasteiger partial charge in [0, 0.05) is 25.2 Å². The Kier molecular flexibility index (Phi) is 6.60. The summed E-state index contributed by atoms with van der Waals surface area (Å²) in [5, 5.41) is 9.41. The van der Waals surface area contributed by atoms with E-state index in [2.05, 4.69) is 13.2 Å². The van der Waals surface area contributed by atoms with Crippen LogP contribution in [0.2, 0.25) is 0 Å². The maximum absolute atomic E-state index is 14.0. The van der Waals surface area contributed by atoms with Crippen molar-refractivity contribution in [3.05, 3.63) is 25.3 Å². The normalized spacial score (nSPS) is 33.2. The molecule has 8 heteroatoms. The van der Waals surface area contributed by atoms with E-state index in [1.165, 1.54) is 11.0 Å². The number of rotatable bonds is 9. The first-order chi connectivity index (χ1) is 15.0. The lowest BCUT2D eigenvalue weighted by atomic mass is 9.66. The molecule has 2 bridgehead atoms. The van der Waals surface area contributed by atoms with Gasteiger partial charge in [-0.1, -0.05) is 18.7 Å². The molecule has 8 nitrogen and oxygen atoms in total. The number of nitrogens with zero attached hydrogens (tertiary/aromatic N) is 2. The summed E-state index contributed by atoms with van der Waals surface area (Å²) >= 11 is 0. The number of esters is 1. The van der Waals surface area contributed by atoms with Crippen LogP contribution in [-0.4, -0.2) is 81.8 Å². The molecule has 0 saturated carbocycles. The van der Waals surface area contributed by atoms with E-state index in [1.54, 1.807) is 11.0 Å². The van der Waals surface area contributed by atoms with Gasteiger partial charge in [0.05, 0.1) is 11.5 Å². The number of ether oxygens (including phenoxy) is 2. The van der Waals surface area contributed by atoms with Crippen molar-refractivity contribution in [2.75, 3.05) is 26.3 Å². The minimum atomic E-state index is -1.10. The number of aliphatic hydroxyl groups excluding tert-OH is 1. The Bertz CT molecular complexity index is 805. The molecule has 3 rings (SSSR count). The Morgan fingerprint density at radius 2 is 2.00 bits per heavy atom. The molecule has 178 valence electrons. The predicted octanol–water partition coefficient (Wildman–Crippen LogP) is 1.68. The minimum Gasteiger partial charge on any atom is -0.461 e. The molecule has 2 amide bonds. The lowest BCUT2D eigenvalue weighted by Gasteiger charge is -2.42. The summed E-state index contributed by atoms with van der Waals surface area (Å²) in [5.74, 6) is -2.59. The molecule has 3 fully saturated rings. The van der Waals surface area contributed by atoms with Crippen molar-refractivity contribution in [1.82, 2.24) is 9.80 Å². The second kappa shape index (κ2) is 8.63. The van der Waals surface area contributed by atoms with Gasteiger partial charge >= 0.3 is 5.97 Å². The predicted molar refractivity (Wildman–Crippen MR) is 118 cm³/mol. The SMILES string of the molecule is C=CCOC(=O)[C@@H]1[C@H]2C(=O)N(CCCO)C(C(=O)N(CC=C)C(C)(C)C)C23CC[C@@]1(C)O3. The first-order valence-electron chi connectivity index (χ1n) is 11.3. The maximum Gasteiger partial charge on any atom is 0.313 e. The van der Waals surface area contributed by atoms with Crippen LogP contribution in [0.4, 0.5) is 0 Å². The number of carbonyl (C=O) groups excluding carboxylic acids is 3. The van der Waals surface area contributed by atoms with Gasteiger partial charge in [0.2, 0.25) is 11.8 Å². The zero-order valence-corrected chi connectivity index (χ0v) is 19.6. The van der Waals surface area contributed by atoms with E-state index in [1.807, 2.05) is 27.7 Å². The maximum atomic E-state index is 14.0. The van der Waals surface area contributed by atoms with Crippen LogP contribution in [0.15, 0.2) is 25.3 Å². The highest BCUT2D eigenvalue weighted by atomic mass is 16.6. The molecule has 1 N–H and O–H groups in total. The molecule has 3 aliphatic heterocycles. The highest BCUT2D eigenvalue weighted by Gasteiger charge is 2.78. The number of hydrogen-bond donors (Lipinski definition) is 1. The summed E-state index contributed by atoms with van der Waals surface area (Å²) in [7, 11) is 0. The molecule has 1 spiro atoms. The molecule has 0 aromatic rings. The van der Waals surface area contributed by atoms with Crippen LogP contribution >= 0.6 is 0 Å². The number of likely N-dealkylation sites (tertiary alicyclic amines) is 1. The van der Waals surface area contributed by atoms with Gasteiger partial charge in [0.25, 0.3) is 0 Å². The van der Waals surface area contributed by atoms with E-state index >= 15 is 0 Å². The van der Waals surface area contributed by atoms with Crippen molar-refractivity contribution in [3.8, 4) is 0 Å². The Labute approximate surface area is 190 Å². The summed E-state index contributed by atoms with van der Waals surface area (Å²) in [6.45, 7) is 15.5. The molecule has 3 aliphatic rings. The standard InChI is InChI=1S/C24H36N2O6/c1-7-12-26(22(3,4)5)20(29)18-24-11-10-23(6,32-24)17(21(30)31-15-8-2)16(24)19(28)25(18)13-9-14-27/h7-8,16-18,27H,1-2,9-15H2,3-6H3/t16-,17-,18?,23+,24?/m0/s1. The summed E-state index contributed by atoms with van der Waals surface area (Å²) < 4.78 is 11.9. The quantitative estimate of drug-likeness (QED) is 0.426. The molecular formula is C24H36N2O6.